The Labute approximate surface area is 169 Å². The smallest absolute Gasteiger partial charge is 0.257 e. The van der Waals surface area contributed by atoms with Gasteiger partial charge in [0.05, 0.1) is 33.2 Å². The highest BCUT2D eigenvalue weighted by Crippen LogP contribution is 2.26. The molecule has 0 atom stereocenters. The summed E-state index contributed by atoms with van der Waals surface area (Å²) >= 11 is 12.2. The number of amides is 1. The van der Waals surface area contributed by atoms with Crippen LogP contribution in [0.5, 0.6) is 0 Å². The van der Waals surface area contributed by atoms with Crippen molar-refractivity contribution in [3.05, 3.63) is 81.6 Å². The molecule has 1 aromatic heterocycles. The van der Waals surface area contributed by atoms with Gasteiger partial charge in [0.2, 0.25) is 0 Å². The minimum absolute atomic E-state index is 0.0476. The molecule has 0 aliphatic carbocycles. The second-order valence-electron chi connectivity index (χ2n) is 6.41. The lowest BCUT2D eigenvalue weighted by molar-refractivity contribution is 0.0784. The van der Waals surface area contributed by atoms with Gasteiger partial charge in [-0.15, -0.1) is 0 Å². The summed E-state index contributed by atoms with van der Waals surface area (Å²) in [6, 6.07) is 15.3. The molecule has 0 bridgehead atoms. The van der Waals surface area contributed by atoms with Crippen LogP contribution in [0.15, 0.2) is 54.7 Å². The summed E-state index contributed by atoms with van der Waals surface area (Å²) in [6.07, 6.45) is 3.27. The Balaban J connectivity index is 1.92. The molecule has 0 saturated heterocycles. The first kappa shape index (κ1) is 19.5. The van der Waals surface area contributed by atoms with E-state index < -0.39 is 0 Å². The molecule has 0 fully saturated rings. The van der Waals surface area contributed by atoms with E-state index in [0.29, 0.717) is 22.2 Å². The fourth-order valence-electron chi connectivity index (χ4n) is 3.00. The third-order valence-electron chi connectivity index (χ3n) is 4.34. The monoisotopic (exact) mass is 401 g/mol. The van der Waals surface area contributed by atoms with Gasteiger partial charge >= 0.3 is 0 Å². The summed E-state index contributed by atoms with van der Waals surface area (Å²) in [6.45, 7) is 2.62. The second-order valence-corrected chi connectivity index (χ2v) is 7.23. The molecule has 0 aliphatic rings. The van der Waals surface area contributed by atoms with Crippen LogP contribution in [0, 0.1) is 0 Å². The van der Waals surface area contributed by atoms with Crippen molar-refractivity contribution < 1.29 is 4.79 Å². The largest absolute Gasteiger partial charge is 0.337 e. The van der Waals surface area contributed by atoms with Crippen LogP contribution < -0.4 is 0 Å². The van der Waals surface area contributed by atoms with Crippen molar-refractivity contribution >= 4 is 29.1 Å². The Morgan fingerprint density at radius 2 is 1.85 bits per heavy atom. The van der Waals surface area contributed by atoms with Crippen LogP contribution in [0.2, 0.25) is 10.0 Å². The van der Waals surface area contributed by atoms with Crippen LogP contribution in [0.25, 0.3) is 5.69 Å². The molecular formula is C21H21Cl2N3O. The third kappa shape index (κ3) is 4.34. The van der Waals surface area contributed by atoms with Gasteiger partial charge in [0, 0.05) is 13.6 Å². The minimum atomic E-state index is -0.0476. The summed E-state index contributed by atoms with van der Waals surface area (Å²) < 4.78 is 1.77. The second kappa shape index (κ2) is 8.59. The van der Waals surface area contributed by atoms with Crippen molar-refractivity contribution in [3.8, 4) is 5.69 Å². The van der Waals surface area contributed by atoms with Gasteiger partial charge < -0.3 is 4.90 Å². The number of hydrogen-bond acceptors (Lipinski definition) is 2. The van der Waals surface area contributed by atoms with Crippen molar-refractivity contribution in [2.24, 2.45) is 0 Å². The van der Waals surface area contributed by atoms with E-state index >= 15 is 0 Å². The number of carbonyl (C=O) groups excluding carboxylic acids is 1. The summed E-state index contributed by atoms with van der Waals surface area (Å²) in [7, 11) is 1.81. The van der Waals surface area contributed by atoms with Gasteiger partial charge in [-0.25, -0.2) is 4.68 Å². The van der Waals surface area contributed by atoms with Crippen molar-refractivity contribution in [2.45, 2.75) is 26.3 Å². The average Bonchev–Trinajstić information content (AvgIpc) is 3.08. The summed E-state index contributed by atoms with van der Waals surface area (Å²) in [5, 5.41) is 5.40. The summed E-state index contributed by atoms with van der Waals surface area (Å²) in [5.41, 5.74) is 3.36. The van der Waals surface area contributed by atoms with Crippen LogP contribution in [0.3, 0.4) is 0 Å². The van der Waals surface area contributed by atoms with Gasteiger partial charge in [0.1, 0.15) is 0 Å². The first-order valence-corrected chi connectivity index (χ1v) is 9.58. The zero-order chi connectivity index (χ0) is 19.4. The van der Waals surface area contributed by atoms with E-state index in [9.17, 15) is 4.79 Å². The number of carbonyl (C=O) groups is 1. The fraction of sp³-hybridized carbons (Fsp3) is 0.238. The van der Waals surface area contributed by atoms with Gasteiger partial charge in [0.25, 0.3) is 5.91 Å². The SMILES string of the molecule is CCCc1c(C(=O)N(C)Cc2ccccc2)cnn1-c1ccc(Cl)c(Cl)c1. The van der Waals surface area contributed by atoms with Gasteiger partial charge in [-0.05, 0) is 30.2 Å². The van der Waals surface area contributed by atoms with Crippen molar-refractivity contribution in [2.75, 3.05) is 7.05 Å². The van der Waals surface area contributed by atoms with E-state index in [2.05, 4.69) is 12.0 Å². The quantitative estimate of drug-likeness (QED) is 0.554. The van der Waals surface area contributed by atoms with E-state index in [1.165, 1.54) is 0 Å². The van der Waals surface area contributed by atoms with Crippen LogP contribution >= 0.6 is 23.2 Å². The molecule has 1 amide bonds. The van der Waals surface area contributed by atoms with E-state index in [0.717, 1.165) is 29.8 Å². The Kier molecular flexibility index (Phi) is 6.19. The molecule has 140 valence electrons. The van der Waals surface area contributed by atoms with Crippen molar-refractivity contribution in [3.63, 3.8) is 0 Å². The highest BCUT2D eigenvalue weighted by molar-refractivity contribution is 6.42. The molecule has 0 aliphatic heterocycles. The Bertz CT molecular complexity index is 938. The maximum Gasteiger partial charge on any atom is 0.257 e. The average molecular weight is 402 g/mol. The molecule has 0 unspecified atom stereocenters. The minimum Gasteiger partial charge on any atom is -0.337 e. The van der Waals surface area contributed by atoms with Gasteiger partial charge in [-0.3, -0.25) is 4.79 Å². The molecule has 0 N–H and O–H groups in total. The van der Waals surface area contributed by atoms with Gasteiger partial charge in [0.15, 0.2) is 0 Å². The fourth-order valence-corrected chi connectivity index (χ4v) is 3.30. The zero-order valence-electron chi connectivity index (χ0n) is 15.3. The molecule has 2 aromatic carbocycles. The Morgan fingerprint density at radius 3 is 2.52 bits per heavy atom. The molecule has 0 radical (unpaired) electrons. The van der Waals surface area contributed by atoms with Gasteiger partial charge in [-0.2, -0.15) is 5.10 Å². The van der Waals surface area contributed by atoms with E-state index in [-0.39, 0.29) is 5.91 Å². The molecular weight excluding hydrogens is 381 g/mol. The summed E-state index contributed by atoms with van der Waals surface area (Å²) in [4.78, 5) is 14.7. The Hall–Kier alpha value is -2.30. The lowest BCUT2D eigenvalue weighted by atomic mass is 10.1. The summed E-state index contributed by atoms with van der Waals surface area (Å²) in [5.74, 6) is -0.0476. The standard InChI is InChI=1S/C21H21Cl2N3O/c1-3-7-20-17(21(27)25(2)14-15-8-5-4-6-9-15)13-24-26(20)16-10-11-18(22)19(23)12-16/h4-6,8-13H,3,7,14H2,1-2H3. The predicted octanol–water partition coefficient (Wildman–Crippen LogP) is 5.40. The molecule has 6 heteroatoms. The number of nitrogens with zero attached hydrogens (tertiary/aromatic N) is 3. The van der Waals surface area contributed by atoms with Crippen molar-refractivity contribution in [1.82, 2.24) is 14.7 Å². The van der Waals surface area contributed by atoms with Crippen LogP contribution in [0.4, 0.5) is 0 Å². The normalized spacial score (nSPS) is 10.8. The lowest BCUT2D eigenvalue weighted by Gasteiger charge is -2.18. The molecule has 4 nitrogen and oxygen atoms in total. The maximum absolute atomic E-state index is 13.0. The highest BCUT2D eigenvalue weighted by atomic mass is 35.5. The third-order valence-corrected chi connectivity index (χ3v) is 5.08. The zero-order valence-corrected chi connectivity index (χ0v) is 16.8. The Morgan fingerprint density at radius 1 is 1.11 bits per heavy atom. The molecule has 0 spiro atoms. The maximum atomic E-state index is 13.0. The number of hydrogen-bond donors (Lipinski definition) is 0. The number of benzene rings is 2. The van der Waals surface area contributed by atoms with E-state index in [1.807, 2.05) is 43.4 Å². The molecule has 27 heavy (non-hydrogen) atoms. The molecule has 3 rings (SSSR count). The topological polar surface area (TPSA) is 38.1 Å². The number of halogens is 2. The first-order chi connectivity index (χ1) is 13.0. The predicted molar refractivity (Wildman–Crippen MR) is 110 cm³/mol. The van der Waals surface area contributed by atoms with Crippen LogP contribution in [0.1, 0.15) is 35.0 Å². The molecule has 1 heterocycles. The lowest BCUT2D eigenvalue weighted by Crippen LogP contribution is -2.27. The molecule has 3 aromatic rings. The molecule has 0 saturated carbocycles. The van der Waals surface area contributed by atoms with E-state index in [4.69, 9.17) is 23.2 Å². The van der Waals surface area contributed by atoms with Gasteiger partial charge in [-0.1, -0.05) is 66.9 Å². The van der Waals surface area contributed by atoms with Crippen molar-refractivity contribution in [1.29, 1.82) is 0 Å². The van der Waals surface area contributed by atoms with E-state index in [1.54, 1.807) is 27.9 Å². The number of rotatable bonds is 6. The number of aromatic nitrogens is 2. The highest BCUT2D eigenvalue weighted by Gasteiger charge is 2.21. The first-order valence-electron chi connectivity index (χ1n) is 8.83. The van der Waals surface area contributed by atoms with Crippen LogP contribution in [-0.2, 0) is 13.0 Å². The van der Waals surface area contributed by atoms with Crippen LogP contribution in [-0.4, -0.2) is 27.6 Å².